The smallest absolute Gasteiger partial charge is 0.0666 e. The molecule has 202 valence electrons. The van der Waals surface area contributed by atoms with E-state index in [2.05, 4.69) is 164 Å². The second kappa shape index (κ2) is 8.82. The second-order valence-corrected chi connectivity index (χ2v) is 12.4. The Balaban J connectivity index is 1.20. The summed E-state index contributed by atoms with van der Waals surface area (Å²) in [4.78, 5) is 0. The molecule has 3 aliphatic rings. The Labute approximate surface area is 258 Å². The minimum absolute atomic E-state index is 0.210. The van der Waals surface area contributed by atoms with Crippen molar-refractivity contribution in [2.24, 2.45) is 0 Å². The molecule has 1 heteroatoms. The molecule has 0 saturated heterocycles. The first-order chi connectivity index (χ1) is 21.8. The third kappa shape index (κ3) is 2.99. The van der Waals surface area contributed by atoms with Crippen LogP contribution in [0.15, 0.2) is 164 Å². The Morgan fingerprint density at radius 2 is 0.841 bits per heavy atom. The van der Waals surface area contributed by atoms with Gasteiger partial charge in [-0.1, -0.05) is 180 Å². The van der Waals surface area contributed by atoms with Crippen molar-refractivity contribution in [3.63, 3.8) is 0 Å². The number of rotatable bonds is 2. The van der Waals surface area contributed by atoms with Gasteiger partial charge in [-0.25, -0.2) is 0 Å². The summed E-state index contributed by atoms with van der Waals surface area (Å²) in [5.41, 5.74) is 20.1. The molecule has 44 heavy (non-hydrogen) atoms. The maximum Gasteiger partial charge on any atom is 0.243 e. The molecule has 10 rings (SSSR count). The van der Waals surface area contributed by atoms with E-state index < -0.39 is 0 Å². The van der Waals surface area contributed by atoms with Crippen molar-refractivity contribution in [2.45, 2.75) is 5.41 Å². The van der Waals surface area contributed by atoms with Gasteiger partial charge in [0.15, 0.2) is 0 Å². The van der Waals surface area contributed by atoms with Crippen LogP contribution in [-0.2, 0) is 5.41 Å². The molecular formula is C43H27B. The minimum Gasteiger partial charge on any atom is -0.0666 e. The van der Waals surface area contributed by atoms with Gasteiger partial charge in [0, 0.05) is 0 Å². The summed E-state index contributed by atoms with van der Waals surface area (Å²) in [6.07, 6.45) is 0. The van der Waals surface area contributed by atoms with Crippen molar-refractivity contribution in [1.29, 1.82) is 0 Å². The zero-order valence-electron chi connectivity index (χ0n) is 24.2. The number of benzene rings is 7. The average molecular weight is 555 g/mol. The van der Waals surface area contributed by atoms with E-state index in [1.807, 2.05) is 0 Å². The topological polar surface area (TPSA) is 0 Å². The van der Waals surface area contributed by atoms with Crippen molar-refractivity contribution in [3.8, 4) is 44.5 Å². The van der Waals surface area contributed by atoms with Crippen LogP contribution < -0.4 is 16.4 Å². The van der Waals surface area contributed by atoms with Crippen molar-refractivity contribution < 1.29 is 0 Å². The normalized spacial score (nSPS) is 14.0. The van der Waals surface area contributed by atoms with Crippen LogP contribution >= 0.6 is 0 Å². The third-order valence-electron chi connectivity index (χ3n) is 10.4. The molecule has 0 nitrogen and oxygen atoms in total. The summed E-state index contributed by atoms with van der Waals surface area (Å²) < 4.78 is 0. The van der Waals surface area contributed by atoms with E-state index in [4.69, 9.17) is 0 Å². The predicted octanol–water partition coefficient (Wildman–Crippen LogP) is 8.19. The van der Waals surface area contributed by atoms with Crippen LogP contribution in [0.5, 0.6) is 0 Å². The zero-order chi connectivity index (χ0) is 28.8. The monoisotopic (exact) mass is 554 g/mol. The zero-order valence-corrected chi connectivity index (χ0v) is 24.2. The largest absolute Gasteiger partial charge is 0.243 e. The molecular weight excluding hydrogens is 527 g/mol. The lowest BCUT2D eigenvalue weighted by Gasteiger charge is -2.42. The molecule has 1 aliphatic carbocycles. The van der Waals surface area contributed by atoms with Crippen molar-refractivity contribution in [3.05, 3.63) is 186 Å². The van der Waals surface area contributed by atoms with E-state index in [1.165, 1.54) is 83.1 Å². The SMILES string of the molecule is c1ccc(-c2ccc(-c3ccc4c(c3)B3c5ccccc5C5(c6ccccc6-c6ccccc65)c5cccc-4c53)cc2)cc1. The van der Waals surface area contributed by atoms with Gasteiger partial charge in [-0.2, -0.15) is 0 Å². The van der Waals surface area contributed by atoms with Crippen LogP contribution in [0.25, 0.3) is 44.5 Å². The Kier molecular flexibility index (Phi) is 4.83. The standard InChI is InChI=1S/C43H27B/c1-2-11-28(12-3-1)29-21-23-30(24-22-29)31-25-26-34-35-15-10-19-39-42(35)44(41(34)27-31)40-20-9-8-18-38(40)43(39)36-16-6-4-13-32(36)33-14-5-7-17-37(33)43/h1-27H. The quantitative estimate of drug-likeness (QED) is 0.189. The molecule has 2 aliphatic heterocycles. The summed E-state index contributed by atoms with van der Waals surface area (Å²) in [6, 6.07) is 61.3. The molecule has 0 atom stereocenters. The Bertz CT molecular complexity index is 2230. The van der Waals surface area contributed by atoms with E-state index in [0.717, 1.165) is 0 Å². The van der Waals surface area contributed by atoms with E-state index in [-0.39, 0.29) is 12.1 Å². The molecule has 7 aromatic carbocycles. The molecule has 0 radical (unpaired) electrons. The molecule has 0 saturated carbocycles. The lowest BCUT2D eigenvalue weighted by molar-refractivity contribution is 0.775. The predicted molar refractivity (Wildman–Crippen MR) is 185 cm³/mol. The fourth-order valence-corrected chi connectivity index (χ4v) is 8.68. The van der Waals surface area contributed by atoms with Crippen molar-refractivity contribution in [2.75, 3.05) is 0 Å². The van der Waals surface area contributed by atoms with Gasteiger partial charge in [-0.15, -0.1) is 0 Å². The van der Waals surface area contributed by atoms with E-state index in [9.17, 15) is 0 Å². The molecule has 0 N–H and O–H groups in total. The van der Waals surface area contributed by atoms with Gasteiger partial charge in [0.1, 0.15) is 0 Å². The molecule has 0 aromatic heterocycles. The highest BCUT2D eigenvalue weighted by molar-refractivity contribution is 7.00. The number of fused-ring (bicyclic) bond motifs is 12. The van der Waals surface area contributed by atoms with Gasteiger partial charge in [0.05, 0.1) is 5.41 Å². The maximum atomic E-state index is 2.46. The van der Waals surface area contributed by atoms with Crippen LogP contribution in [0.3, 0.4) is 0 Å². The minimum atomic E-state index is -0.330. The highest BCUT2D eigenvalue weighted by Gasteiger charge is 2.54. The van der Waals surface area contributed by atoms with Crippen LogP contribution in [0.2, 0.25) is 0 Å². The van der Waals surface area contributed by atoms with Gasteiger partial charge in [0.25, 0.3) is 0 Å². The summed E-state index contributed by atoms with van der Waals surface area (Å²) in [5, 5.41) is 0. The fraction of sp³-hybridized carbons (Fsp3) is 0.0233. The van der Waals surface area contributed by atoms with Crippen LogP contribution in [0.1, 0.15) is 22.3 Å². The lowest BCUT2D eigenvalue weighted by atomic mass is 9.32. The molecule has 0 fully saturated rings. The molecule has 2 heterocycles. The summed E-state index contributed by atoms with van der Waals surface area (Å²) in [5.74, 6) is 0. The average Bonchev–Trinajstić information content (AvgIpc) is 3.59. The van der Waals surface area contributed by atoms with E-state index >= 15 is 0 Å². The summed E-state index contributed by atoms with van der Waals surface area (Å²) >= 11 is 0. The van der Waals surface area contributed by atoms with E-state index in [1.54, 1.807) is 0 Å². The lowest BCUT2D eigenvalue weighted by Crippen LogP contribution is -2.59. The summed E-state index contributed by atoms with van der Waals surface area (Å²) in [7, 11) is 0. The molecule has 1 spiro atoms. The molecule has 7 aromatic rings. The van der Waals surface area contributed by atoms with Crippen LogP contribution in [0, 0.1) is 0 Å². The Hall–Kier alpha value is -5.40. The van der Waals surface area contributed by atoms with Crippen molar-refractivity contribution >= 4 is 23.1 Å². The highest BCUT2D eigenvalue weighted by atomic mass is 14.5. The van der Waals surface area contributed by atoms with Crippen LogP contribution in [0.4, 0.5) is 0 Å². The van der Waals surface area contributed by atoms with Gasteiger partial charge in [-0.05, 0) is 66.8 Å². The number of hydrogen-bond donors (Lipinski definition) is 0. The second-order valence-electron chi connectivity index (χ2n) is 12.4. The first-order valence-corrected chi connectivity index (χ1v) is 15.6. The van der Waals surface area contributed by atoms with Crippen molar-refractivity contribution in [1.82, 2.24) is 0 Å². The van der Waals surface area contributed by atoms with Gasteiger partial charge >= 0.3 is 0 Å². The summed E-state index contributed by atoms with van der Waals surface area (Å²) in [6.45, 7) is 0.210. The number of hydrogen-bond acceptors (Lipinski definition) is 0. The fourth-order valence-electron chi connectivity index (χ4n) is 8.68. The van der Waals surface area contributed by atoms with E-state index in [0.29, 0.717) is 0 Å². The molecule has 0 bridgehead atoms. The highest BCUT2D eigenvalue weighted by Crippen LogP contribution is 2.57. The van der Waals surface area contributed by atoms with Gasteiger partial charge < -0.3 is 0 Å². The molecule has 0 amide bonds. The first kappa shape index (κ1) is 24.1. The van der Waals surface area contributed by atoms with Gasteiger partial charge in [0.2, 0.25) is 6.71 Å². The Morgan fingerprint density at radius 3 is 1.57 bits per heavy atom. The van der Waals surface area contributed by atoms with Crippen LogP contribution in [-0.4, -0.2) is 6.71 Å². The third-order valence-corrected chi connectivity index (χ3v) is 10.4. The first-order valence-electron chi connectivity index (χ1n) is 15.6. The Morgan fingerprint density at radius 1 is 0.318 bits per heavy atom. The van der Waals surface area contributed by atoms with Gasteiger partial charge in [-0.3, -0.25) is 0 Å². The molecule has 0 unspecified atom stereocenters. The maximum absolute atomic E-state index is 2.46.